The van der Waals surface area contributed by atoms with Crippen LogP contribution in [0.2, 0.25) is 0 Å². The monoisotopic (exact) mass is 425 g/mol. The van der Waals surface area contributed by atoms with Gasteiger partial charge in [-0.3, -0.25) is 4.79 Å². The van der Waals surface area contributed by atoms with Crippen LogP contribution in [0.3, 0.4) is 0 Å². The Hall–Kier alpha value is -2.23. The number of sulfonamides is 1. The Kier molecular flexibility index (Phi) is 8.16. The van der Waals surface area contributed by atoms with Crippen molar-refractivity contribution in [1.82, 2.24) is 4.72 Å². The Labute approximate surface area is 169 Å². The molecule has 0 aliphatic heterocycles. The van der Waals surface area contributed by atoms with E-state index in [1.807, 2.05) is 30.3 Å². The molecule has 0 aromatic heterocycles. The molecule has 0 amide bonds. The molecule has 1 N–H and O–H groups in total. The average molecular weight is 426 g/mol. The van der Waals surface area contributed by atoms with Gasteiger partial charge in [0.05, 0.1) is 26.2 Å². The highest BCUT2D eigenvalue weighted by molar-refractivity contribution is 7.98. The summed E-state index contributed by atoms with van der Waals surface area (Å²) in [4.78, 5) is 12.0. The number of ether oxygens (including phenoxy) is 3. The van der Waals surface area contributed by atoms with E-state index in [9.17, 15) is 13.2 Å². The lowest BCUT2D eigenvalue weighted by molar-refractivity contribution is -0.141. The first-order valence-electron chi connectivity index (χ1n) is 8.35. The van der Waals surface area contributed by atoms with E-state index in [1.165, 1.54) is 51.3 Å². The first-order chi connectivity index (χ1) is 13.4. The van der Waals surface area contributed by atoms with Crippen molar-refractivity contribution in [1.29, 1.82) is 0 Å². The van der Waals surface area contributed by atoms with Gasteiger partial charge in [-0.2, -0.15) is 16.5 Å². The number of rotatable bonds is 10. The molecule has 1 atom stereocenters. The molecule has 1 unspecified atom stereocenters. The normalized spacial score (nSPS) is 12.2. The van der Waals surface area contributed by atoms with Crippen molar-refractivity contribution in [2.45, 2.75) is 16.7 Å². The molecule has 0 aliphatic carbocycles. The van der Waals surface area contributed by atoms with E-state index in [0.717, 1.165) is 5.56 Å². The third-order valence-electron chi connectivity index (χ3n) is 3.84. The fourth-order valence-corrected chi connectivity index (χ4v) is 4.71. The molecule has 7 nitrogen and oxygen atoms in total. The maximum Gasteiger partial charge on any atom is 0.324 e. The molecule has 0 fully saturated rings. The average Bonchev–Trinajstić information content (AvgIpc) is 2.72. The molecule has 0 heterocycles. The van der Waals surface area contributed by atoms with Crippen LogP contribution in [0, 0.1) is 0 Å². The molecular formula is C19H23NO6S2. The van der Waals surface area contributed by atoms with Gasteiger partial charge in [0.25, 0.3) is 0 Å². The summed E-state index contributed by atoms with van der Waals surface area (Å²) in [5, 5.41) is 0. The first-order valence-corrected chi connectivity index (χ1v) is 11.0. The fraction of sp³-hybridized carbons (Fsp3) is 0.316. The van der Waals surface area contributed by atoms with Crippen LogP contribution in [0.4, 0.5) is 0 Å². The van der Waals surface area contributed by atoms with E-state index in [-0.39, 0.29) is 16.4 Å². The minimum Gasteiger partial charge on any atom is -0.493 e. The standard InChI is InChI=1S/C19H23NO6S2/c1-24-17-10-9-15(11-18(17)25-2)28(22,23)20-16(19(21)26-3)13-27-12-14-7-5-4-6-8-14/h4-11,16,20H,12-13H2,1-3H3. The highest BCUT2D eigenvalue weighted by Crippen LogP contribution is 2.29. The maximum atomic E-state index is 12.7. The topological polar surface area (TPSA) is 90.9 Å². The minimum atomic E-state index is -3.97. The molecule has 2 rings (SSSR count). The van der Waals surface area contributed by atoms with E-state index in [4.69, 9.17) is 14.2 Å². The summed E-state index contributed by atoms with van der Waals surface area (Å²) in [5.41, 5.74) is 1.08. The predicted molar refractivity (Wildman–Crippen MR) is 108 cm³/mol. The van der Waals surface area contributed by atoms with Crippen molar-refractivity contribution in [2.75, 3.05) is 27.1 Å². The number of carbonyl (C=O) groups excluding carboxylic acids is 1. The van der Waals surface area contributed by atoms with Crippen molar-refractivity contribution in [3.63, 3.8) is 0 Å². The smallest absolute Gasteiger partial charge is 0.324 e. The second kappa shape index (κ2) is 10.4. The van der Waals surface area contributed by atoms with E-state index in [2.05, 4.69) is 4.72 Å². The summed E-state index contributed by atoms with van der Waals surface area (Å²) >= 11 is 1.44. The molecule has 0 aliphatic rings. The molecule has 0 saturated carbocycles. The first kappa shape index (κ1) is 22.1. The van der Waals surface area contributed by atoms with E-state index in [0.29, 0.717) is 11.5 Å². The summed E-state index contributed by atoms with van der Waals surface area (Å²) < 4.78 is 42.9. The molecule has 9 heteroatoms. The van der Waals surface area contributed by atoms with Crippen LogP contribution >= 0.6 is 11.8 Å². The Morgan fingerprint density at radius 2 is 1.71 bits per heavy atom. The van der Waals surface area contributed by atoms with Crippen LogP contribution < -0.4 is 14.2 Å². The molecule has 0 radical (unpaired) electrons. The van der Waals surface area contributed by atoms with Crippen LogP contribution in [-0.2, 0) is 25.3 Å². The number of hydrogen-bond acceptors (Lipinski definition) is 7. The summed E-state index contributed by atoms with van der Waals surface area (Å²) in [6.07, 6.45) is 0. The zero-order chi connectivity index (χ0) is 20.6. The van der Waals surface area contributed by atoms with Crippen LogP contribution in [0.25, 0.3) is 0 Å². The molecule has 152 valence electrons. The number of thioether (sulfide) groups is 1. The van der Waals surface area contributed by atoms with E-state index >= 15 is 0 Å². The van der Waals surface area contributed by atoms with Crippen molar-refractivity contribution in [3.05, 3.63) is 54.1 Å². The van der Waals surface area contributed by atoms with Crippen molar-refractivity contribution >= 4 is 27.8 Å². The van der Waals surface area contributed by atoms with Gasteiger partial charge in [0.2, 0.25) is 10.0 Å². The maximum absolute atomic E-state index is 12.7. The van der Waals surface area contributed by atoms with Crippen molar-refractivity contribution in [3.8, 4) is 11.5 Å². The third kappa shape index (κ3) is 5.88. The molecule has 28 heavy (non-hydrogen) atoms. The van der Waals surface area contributed by atoms with E-state index in [1.54, 1.807) is 0 Å². The van der Waals surface area contributed by atoms with Gasteiger partial charge >= 0.3 is 5.97 Å². The predicted octanol–water partition coefficient (Wildman–Crippen LogP) is 2.46. The van der Waals surface area contributed by atoms with Crippen LogP contribution in [-0.4, -0.2) is 47.5 Å². The van der Waals surface area contributed by atoms with Gasteiger partial charge in [-0.25, -0.2) is 8.42 Å². The summed E-state index contributed by atoms with van der Waals surface area (Å²) in [5.74, 6) is 0.910. The largest absolute Gasteiger partial charge is 0.493 e. The number of carbonyl (C=O) groups is 1. The molecule has 2 aromatic carbocycles. The van der Waals surface area contributed by atoms with Gasteiger partial charge in [0.1, 0.15) is 6.04 Å². The third-order valence-corrected chi connectivity index (χ3v) is 6.42. The van der Waals surface area contributed by atoms with Crippen LogP contribution in [0.5, 0.6) is 11.5 Å². The Bertz CT molecular complexity index is 887. The van der Waals surface area contributed by atoms with Crippen molar-refractivity contribution < 1.29 is 27.4 Å². The van der Waals surface area contributed by atoms with Gasteiger partial charge in [-0.05, 0) is 17.7 Å². The molecule has 0 saturated heterocycles. The molecule has 0 spiro atoms. The summed E-state index contributed by atoms with van der Waals surface area (Å²) in [6, 6.07) is 12.9. The Morgan fingerprint density at radius 3 is 2.32 bits per heavy atom. The summed E-state index contributed by atoms with van der Waals surface area (Å²) in [6.45, 7) is 0. The number of esters is 1. The lowest BCUT2D eigenvalue weighted by Crippen LogP contribution is -2.43. The van der Waals surface area contributed by atoms with Gasteiger partial charge in [0, 0.05) is 17.6 Å². The van der Waals surface area contributed by atoms with Gasteiger partial charge < -0.3 is 14.2 Å². The number of methoxy groups -OCH3 is 3. The summed E-state index contributed by atoms with van der Waals surface area (Å²) in [7, 11) is 0.133. The second-order valence-corrected chi connectivity index (χ2v) is 8.46. The highest BCUT2D eigenvalue weighted by Gasteiger charge is 2.27. The van der Waals surface area contributed by atoms with E-state index < -0.39 is 22.0 Å². The quantitative estimate of drug-likeness (QED) is 0.585. The Balaban J connectivity index is 2.12. The molecule has 2 aromatic rings. The number of hydrogen-bond donors (Lipinski definition) is 1. The fourth-order valence-electron chi connectivity index (χ4n) is 2.40. The number of nitrogens with one attached hydrogen (secondary N) is 1. The lowest BCUT2D eigenvalue weighted by Gasteiger charge is -2.17. The highest BCUT2D eigenvalue weighted by atomic mass is 32.2. The zero-order valence-electron chi connectivity index (χ0n) is 15.9. The van der Waals surface area contributed by atoms with Gasteiger partial charge in [-0.1, -0.05) is 30.3 Å². The van der Waals surface area contributed by atoms with Gasteiger partial charge in [-0.15, -0.1) is 0 Å². The van der Waals surface area contributed by atoms with Crippen LogP contribution in [0.15, 0.2) is 53.4 Å². The molecule has 0 bridgehead atoms. The number of benzene rings is 2. The molecular weight excluding hydrogens is 402 g/mol. The van der Waals surface area contributed by atoms with Crippen LogP contribution in [0.1, 0.15) is 5.56 Å². The second-order valence-electron chi connectivity index (χ2n) is 5.71. The zero-order valence-corrected chi connectivity index (χ0v) is 17.5. The van der Waals surface area contributed by atoms with Crippen molar-refractivity contribution in [2.24, 2.45) is 0 Å². The van der Waals surface area contributed by atoms with Gasteiger partial charge in [0.15, 0.2) is 11.5 Å². The SMILES string of the molecule is COC(=O)C(CSCc1ccccc1)NS(=O)(=O)c1ccc(OC)c(OC)c1. The Morgan fingerprint density at radius 1 is 1.04 bits per heavy atom. The lowest BCUT2D eigenvalue weighted by atomic mass is 10.2. The minimum absolute atomic E-state index is 0.0351.